The van der Waals surface area contributed by atoms with Crippen LogP contribution in [0.3, 0.4) is 0 Å². The highest BCUT2D eigenvalue weighted by atomic mass is 19.1. The van der Waals surface area contributed by atoms with E-state index in [-0.39, 0.29) is 18.2 Å². The van der Waals surface area contributed by atoms with E-state index in [2.05, 4.69) is 11.3 Å². The Morgan fingerprint density at radius 2 is 2.27 bits per heavy atom. The molecule has 1 rings (SSSR count). The van der Waals surface area contributed by atoms with Crippen LogP contribution >= 0.6 is 0 Å². The second-order valence-electron chi connectivity index (χ2n) is 3.27. The van der Waals surface area contributed by atoms with Gasteiger partial charge in [-0.15, -0.1) is 0 Å². The monoisotopic (exact) mass is 208 g/mol. The Balaban J connectivity index is 3.05. The highest BCUT2D eigenvalue weighted by Gasteiger charge is 2.08. The van der Waals surface area contributed by atoms with Crippen LogP contribution in [0.1, 0.15) is 16.7 Å². The maximum absolute atomic E-state index is 13.4. The zero-order valence-corrected chi connectivity index (χ0v) is 8.84. The summed E-state index contributed by atoms with van der Waals surface area (Å²) in [7, 11) is 1.33. The molecule has 0 unspecified atom stereocenters. The van der Waals surface area contributed by atoms with Crippen molar-refractivity contribution in [3.8, 4) is 0 Å². The van der Waals surface area contributed by atoms with Crippen LogP contribution in [0.15, 0.2) is 18.7 Å². The highest BCUT2D eigenvalue weighted by molar-refractivity contribution is 5.73. The lowest BCUT2D eigenvalue weighted by atomic mass is 10.0. The van der Waals surface area contributed by atoms with Crippen LogP contribution in [0, 0.1) is 12.7 Å². The molecule has 3 heteroatoms. The summed E-state index contributed by atoms with van der Waals surface area (Å²) in [6.45, 7) is 5.17. The molecule has 0 saturated carbocycles. The third-order valence-electron chi connectivity index (χ3n) is 2.14. The second-order valence-corrected chi connectivity index (χ2v) is 3.27. The van der Waals surface area contributed by atoms with E-state index in [4.69, 9.17) is 0 Å². The van der Waals surface area contributed by atoms with E-state index in [1.54, 1.807) is 19.1 Å². The number of ether oxygens (including phenoxy) is 1. The van der Waals surface area contributed by atoms with Crippen molar-refractivity contribution in [2.24, 2.45) is 0 Å². The minimum Gasteiger partial charge on any atom is -0.469 e. The number of carbonyl (C=O) groups excluding carboxylic acids is 1. The van der Waals surface area contributed by atoms with E-state index in [9.17, 15) is 9.18 Å². The van der Waals surface area contributed by atoms with Gasteiger partial charge in [0.1, 0.15) is 5.82 Å². The Kier molecular flexibility index (Phi) is 3.61. The first kappa shape index (κ1) is 11.4. The first-order valence-corrected chi connectivity index (χ1v) is 4.56. The van der Waals surface area contributed by atoms with Gasteiger partial charge in [-0.25, -0.2) is 4.39 Å². The van der Waals surface area contributed by atoms with Gasteiger partial charge in [0.2, 0.25) is 0 Å². The lowest BCUT2D eigenvalue weighted by Crippen LogP contribution is -2.05. The highest BCUT2D eigenvalue weighted by Crippen LogP contribution is 2.17. The average molecular weight is 208 g/mol. The number of aryl methyl sites for hydroxylation is 1. The maximum Gasteiger partial charge on any atom is 0.309 e. The largest absolute Gasteiger partial charge is 0.469 e. The Morgan fingerprint density at radius 1 is 1.60 bits per heavy atom. The predicted octanol–water partition coefficient (Wildman–Crippen LogP) is 2.49. The predicted molar refractivity (Wildman–Crippen MR) is 56.9 cm³/mol. The fraction of sp³-hybridized carbons (Fsp3) is 0.250. The molecule has 0 bridgehead atoms. The molecule has 0 spiro atoms. The molecule has 0 N–H and O–H groups in total. The van der Waals surface area contributed by atoms with Crippen molar-refractivity contribution in [3.05, 3.63) is 41.2 Å². The summed E-state index contributed by atoms with van der Waals surface area (Å²) in [4.78, 5) is 11.0. The summed E-state index contributed by atoms with van der Waals surface area (Å²) >= 11 is 0. The molecule has 15 heavy (non-hydrogen) atoms. The molecule has 0 saturated heterocycles. The summed E-state index contributed by atoms with van der Waals surface area (Å²) in [5, 5.41) is 0. The lowest BCUT2D eigenvalue weighted by molar-refractivity contribution is -0.139. The fourth-order valence-electron chi connectivity index (χ4n) is 1.36. The fourth-order valence-corrected chi connectivity index (χ4v) is 1.36. The molecule has 0 aromatic heterocycles. The van der Waals surface area contributed by atoms with Gasteiger partial charge in [0.15, 0.2) is 0 Å². The van der Waals surface area contributed by atoms with Gasteiger partial charge >= 0.3 is 5.97 Å². The first-order valence-electron chi connectivity index (χ1n) is 4.56. The van der Waals surface area contributed by atoms with Crippen LogP contribution in [-0.4, -0.2) is 13.1 Å². The zero-order chi connectivity index (χ0) is 11.4. The van der Waals surface area contributed by atoms with Crippen molar-refractivity contribution >= 4 is 12.0 Å². The molecule has 80 valence electrons. The van der Waals surface area contributed by atoms with Gasteiger partial charge in [0, 0.05) is 5.56 Å². The third kappa shape index (κ3) is 2.65. The molecule has 0 aliphatic rings. The van der Waals surface area contributed by atoms with Gasteiger partial charge in [-0.3, -0.25) is 4.79 Å². The van der Waals surface area contributed by atoms with Crippen LogP contribution in [0.5, 0.6) is 0 Å². The van der Waals surface area contributed by atoms with Crippen LogP contribution in [-0.2, 0) is 16.0 Å². The molecule has 1 aromatic carbocycles. The molecular weight excluding hydrogens is 195 g/mol. The van der Waals surface area contributed by atoms with Crippen molar-refractivity contribution in [1.82, 2.24) is 0 Å². The van der Waals surface area contributed by atoms with Gasteiger partial charge in [0.25, 0.3) is 0 Å². The molecule has 0 atom stereocenters. The van der Waals surface area contributed by atoms with Crippen LogP contribution in [0.2, 0.25) is 0 Å². The van der Waals surface area contributed by atoms with Gasteiger partial charge in [-0.05, 0) is 24.1 Å². The molecule has 0 amide bonds. The summed E-state index contributed by atoms with van der Waals surface area (Å²) < 4.78 is 18.0. The number of esters is 1. The van der Waals surface area contributed by atoms with E-state index in [1.807, 2.05) is 0 Å². The van der Waals surface area contributed by atoms with E-state index in [1.165, 1.54) is 13.2 Å². The number of carbonyl (C=O) groups is 1. The van der Waals surface area contributed by atoms with Gasteiger partial charge in [-0.2, -0.15) is 0 Å². The molecular formula is C12H13FO2. The molecule has 0 heterocycles. The molecule has 1 aromatic rings. The van der Waals surface area contributed by atoms with Gasteiger partial charge in [-0.1, -0.05) is 18.7 Å². The second kappa shape index (κ2) is 4.73. The van der Waals surface area contributed by atoms with Crippen molar-refractivity contribution < 1.29 is 13.9 Å². The van der Waals surface area contributed by atoms with Gasteiger partial charge < -0.3 is 4.74 Å². The Morgan fingerprint density at radius 3 is 2.80 bits per heavy atom. The Bertz CT molecular complexity index is 397. The molecule has 0 radical (unpaired) electrons. The average Bonchev–Trinajstić information content (AvgIpc) is 2.22. The summed E-state index contributed by atoms with van der Waals surface area (Å²) in [6, 6.07) is 3.24. The van der Waals surface area contributed by atoms with E-state index in [0.29, 0.717) is 11.1 Å². The van der Waals surface area contributed by atoms with Gasteiger partial charge in [0.05, 0.1) is 13.5 Å². The molecule has 0 aliphatic carbocycles. The van der Waals surface area contributed by atoms with Crippen molar-refractivity contribution in [3.63, 3.8) is 0 Å². The Hall–Kier alpha value is -1.64. The minimum absolute atomic E-state index is 0.151. The standard InChI is InChI=1S/C12H13FO2/c1-4-10-6-9(7-11(14)15-3)5-8(2)12(10)13/h4-6H,1,7H2,2-3H3. The maximum atomic E-state index is 13.4. The number of hydrogen-bond acceptors (Lipinski definition) is 2. The van der Waals surface area contributed by atoms with Crippen molar-refractivity contribution in [2.45, 2.75) is 13.3 Å². The van der Waals surface area contributed by atoms with Crippen LogP contribution < -0.4 is 0 Å². The summed E-state index contributed by atoms with van der Waals surface area (Å²) in [6.07, 6.45) is 1.58. The van der Waals surface area contributed by atoms with Crippen molar-refractivity contribution in [2.75, 3.05) is 7.11 Å². The zero-order valence-electron chi connectivity index (χ0n) is 8.84. The molecule has 0 fully saturated rings. The third-order valence-corrected chi connectivity index (χ3v) is 2.14. The topological polar surface area (TPSA) is 26.3 Å². The number of hydrogen-bond donors (Lipinski definition) is 0. The first-order chi connectivity index (χ1) is 7.08. The summed E-state index contributed by atoms with van der Waals surface area (Å²) in [5.74, 6) is -0.630. The molecule has 2 nitrogen and oxygen atoms in total. The quantitative estimate of drug-likeness (QED) is 0.713. The van der Waals surface area contributed by atoms with E-state index >= 15 is 0 Å². The molecule has 0 aliphatic heterocycles. The van der Waals surface area contributed by atoms with Crippen molar-refractivity contribution in [1.29, 1.82) is 0 Å². The smallest absolute Gasteiger partial charge is 0.309 e. The van der Waals surface area contributed by atoms with E-state index < -0.39 is 0 Å². The normalized spacial score (nSPS) is 9.80. The van der Waals surface area contributed by atoms with Crippen LogP contribution in [0.4, 0.5) is 4.39 Å². The lowest BCUT2D eigenvalue weighted by Gasteiger charge is -2.06. The number of halogens is 1. The number of rotatable bonds is 3. The minimum atomic E-state index is -0.337. The SMILES string of the molecule is C=Cc1cc(CC(=O)OC)cc(C)c1F. The summed E-state index contributed by atoms with van der Waals surface area (Å²) in [5.41, 5.74) is 1.65. The van der Waals surface area contributed by atoms with Crippen LogP contribution in [0.25, 0.3) is 6.08 Å². The van der Waals surface area contributed by atoms with E-state index in [0.717, 1.165) is 5.56 Å². The number of benzene rings is 1. The number of methoxy groups -OCH3 is 1. The Labute approximate surface area is 88.4 Å².